The van der Waals surface area contributed by atoms with Gasteiger partial charge in [0.2, 0.25) is 0 Å². The van der Waals surface area contributed by atoms with E-state index in [0.717, 1.165) is 5.01 Å². The summed E-state index contributed by atoms with van der Waals surface area (Å²) in [5.74, 6) is -1.73. The fourth-order valence-electron chi connectivity index (χ4n) is 3.25. The molecule has 0 saturated carbocycles. The fraction of sp³-hybridized carbons (Fsp3) is 0.0435. The molecule has 3 aromatic carbocycles. The maximum Gasteiger partial charge on any atom is 0.335 e. The molecule has 166 valence electrons. The number of phenolic OH excluding ortho intramolecular Hbond substituents is 1. The Balaban J connectivity index is 1.62. The highest BCUT2D eigenvalue weighted by Crippen LogP contribution is 2.36. The number of rotatable bonds is 5. The minimum absolute atomic E-state index is 0.0405. The number of carboxylic acids is 1. The Morgan fingerprint density at radius 3 is 2.58 bits per heavy atom. The molecule has 0 unspecified atom stereocenters. The first-order chi connectivity index (χ1) is 15.8. The summed E-state index contributed by atoms with van der Waals surface area (Å²) in [6.45, 7) is 1.62. The fourth-order valence-corrected chi connectivity index (χ4v) is 3.73. The van der Waals surface area contributed by atoms with Gasteiger partial charge >= 0.3 is 11.9 Å². The molecule has 8 nitrogen and oxygen atoms in total. The van der Waals surface area contributed by atoms with Crippen molar-refractivity contribution < 1.29 is 19.8 Å². The monoisotopic (exact) mass is 482 g/mol. The predicted molar refractivity (Wildman–Crippen MR) is 129 cm³/mol. The summed E-state index contributed by atoms with van der Waals surface area (Å²) in [4.78, 5) is 24.1. The van der Waals surface area contributed by atoms with E-state index < -0.39 is 11.9 Å². The Morgan fingerprint density at radius 2 is 1.85 bits per heavy atom. The molecule has 1 aliphatic rings. The number of hydrogen-bond donors (Lipinski definition) is 3. The van der Waals surface area contributed by atoms with Crippen molar-refractivity contribution in [2.24, 2.45) is 10.2 Å². The van der Waals surface area contributed by atoms with Gasteiger partial charge in [-0.2, -0.15) is 15.2 Å². The standard InChI is InChI=1S/C23H16Cl2N4O4/c1-12-20(22(31)29(28-12)19-9-8-15(24)11-17(19)25)27-26-18-7-3-6-16(21(18)30)13-4-2-5-14(10-13)23(32)33/h2-11,26,30H,1H3,(H,32,33). The molecule has 0 saturated heterocycles. The highest BCUT2D eigenvalue weighted by Gasteiger charge is 2.32. The predicted octanol–water partition coefficient (Wildman–Crippen LogP) is 5.25. The van der Waals surface area contributed by atoms with E-state index >= 15 is 0 Å². The number of carbonyl (C=O) groups is 2. The van der Waals surface area contributed by atoms with Crippen LogP contribution < -0.4 is 10.4 Å². The van der Waals surface area contributed by atoms with E-state index in [1.165, 1.54) is 18.2 Å². The molecular weight excluding hydrogens is 467 g/mol. The third-order valence-corrected chi connectivity index (χ3v) is 5.41. The SMILES string of the molecule is CC1=NN(c2ccc(Cl)cc2Cl)C(=O)C1=NNc1cccc(-c2cccc(C(=O)O)c2)c1O. The van der Waals surface area contributed by atoms with Crippen LogP contribution in [0.2, 0.25) is 10.0 Å². The largest absolute Gasteiger partial charge is 0.505 e. The van der Waals surface area contributed by atoms with Gasteiger partial charge in [-0.25, -0.2) is 4.79 Å². The number of hydrogen-bond acceptors (Lipinski definition) is 6. The number of amides is 1. The molecule has 0 aromatic heterocycles. The second kappa shape index (κ2) is 8.93. The zero-order chi connectivity index (χ0) is 23.7. The Hall–Kier alpha value is -3.88. The lowest BCUT2D eigenvalue weighted by Gasteiger charge is -2.13. The lowest BCUT2D eigenvalue weighted by molar-refractivity contribution is -0.112. The lowest BCUT2D eigenvalue weighted by Crippen LogP contribution is -2.28. The number of benzene rings is 3. The first-order valence-corrected chi connectivity index (χ1v) is 10.4. The summed E-state index contributed by atoms with van der Waals surface area (Å²) < 4.78 is 0. The average Bonchev–Trinajstić information content (AvgIpc) is 3.06. The van der Waals surface area contributed by atoms with Crippen molar-refractivity contribution >= 4 is 57.9 Å². The number of carbonyl (C=O) groups excluding carboxylic acids is 1. The molecule has 0 bridgehead atoms. The van der Waals surface area contributed by atoms with Gasteiger partial charge in [0.15, 0.2) is 5.71 Å². The van der Waals surface area contributed by atoms with Gasteiger partial charge in [0.05, 0.1) is 27.7 Å². The smallest absolute Gasteiger partial charge is 0.335 e. The zero-order valence-electron chi connectivity index (χ0n) is 17.1. The van der Waals surface area contributed by atoms with Crippen molar-refractivity contribution in [3.8, 4) is 16.9 Å². The van der Waals surface area contributed by atoms with Gasteiger partial charge < -0.3 is 10.2 Å². The van der Waals surface area contributed by atoms with Crippen LogP contribution in [0.3, 0.4) is 0 Å². The minimum Gasteiger partial charge on any atom is -0.505 e. The van der Waals surface area contributed by atoms with Crippen LogP contribution in [0.25, 0.3) is 11.1 Å². The van der Waals surface area contributed by atoms with Gasteiger partial charge in [0.1, 0.15) is 5.75 Å². The highest BCUT2D eigenvalue weighted by atomic mass is 35.5. The number of halogens is 2. The molecule has 4 rings (SSSR count). The molecule has 10 heteroatoms. The van der Waals surface area contributed by atoms with E-state index in [2.05, 4.69) is 15.6 Å². The summed E-state index contributed by atoms with van der Waals surface area (Å²) in [6, 6.07) is 15.8. The summed E-state index contributed by atoms with van der Waals surface area (Å²) in [5.41, 5.74) is 4.69. The lowest BCUT2D eigenvalue weighted by atomic mass is 10.0. The van der Waals surface area contributed by atoms with Crippen molar-refractivity contribution in [1.29, 1.82) is 0 Å². The topological polar surface area (TPSA) is 115 Å². The van der Waals surface area contributed by atoms with Crippen molar-refractivity contribution in [1.82, 2.24) is 0 Å². The average molecular weight is 483 g/mol. The Bertz CT molecular complexity index is 1350. The zero-order valence-corrected chi connectivity index (χ0v) is 18.6. The molecular formula is C23H16Cl2N4O4. The van der Waals surface area contributed by atoms with Crippen molar-refractivity contribution in [3.05, 3.63) is 76.3 Å². The van der Waals surface area contributed by atoms with E-state index in [0.29, 0.717) is 27.5 Å². The molecule has 0 radical (unpaired) electrons. The first kappa shape index (κ1) is 22.3. The second-order valence-electron chi connectivity index (χ2n) is 7.06. The van der Waals surface area contributed by atoms with Crippen molar-refractivity contribution in [2.75, 3.05) is 10.4 Å². The Labute approximate surface area is 198 Å². The van der Waals surface area contributed by atoms with Gasteiger partial charge in [-0.05, 0) is 48.9 Å². The Morgan fingerprint density at radius 1 is 1.09 bits per heavy atom. The molecule has 33 heavy (non-hydrogen) atoms. The summed E-state index contributed by atoms with van der Waals surface area (Å²) >= 11 is 12.1. The van der Waals surface area contributed by atoms with E-state index in [4.69, 9.17) is 23.2 Å². The molecule has 3 N–H and O–H groups in total. The van der Waals surface area contributed by atoms with Crippen LogP contribution in [-0.2, 0) is 4.79 Å². The number of nitrogens with zero attached hydrogens (tertiary/aromatic N) is 3. The van der Waals surface area contributed by atoms with E-state index in [9.17, 15) is 19.8 Å². The molecule has 0 atom stereocenters. The number of anilines is 2. The number of carboxylic acid groups (broad SMARTS) is 1. The number of aromatic carboxylic acids is 1. The second-order valence-corrected chi connectivity index (χ2v) is 7.90. The number of hydrazone groups is 2. The summed E-state index contributed by atoms with van der Waals surface area (Å²) in [5, 5.41) is 30.1. The van der Waals surface area contributed by atoms with E-state index in [1.807, 2.05) is 0 Å². The van der Waals surface area contributed by atoms with E-state index in [-0.39, 0.29) is 27.7 Å². The maximum absolute atomic E-state index is 12.9. The minimum atomic E-state index is -1.07. The van der Waals surface area contributed by atoms with Crippen LogP contribution in [0.5, 0.6) is 5.75 Å². The molecule has 0 spiro atoms. The molecule has 1 amide bonds. The molecule has 0 fully saturated rings. The van der Waals surface area contributed by atoms with Crippen LogP contribution in [0.15, 0.2) is 70.9 Å². The van der Waals surface area contributed by atoms with Crippen molar-refractivity contribution in [3.63, 3.8) is 0 Å². The summed E-state index contributed by atoms with van der Waals surface area (Å²) in [6.07, 6.45) is 0. The van der Waals surface area contributed by atoms with Crippen molar-refractivity contribution in [2.45, 2.75) is 6.92 Å². The Kier molecular flexibility index (Phi) is 6.04. The number of nitrogens with one attached hydrogen (secondary N) is 1. The van der Waals surface area contributed by atoms with Gasteiger partial charge in [0, 0.05) is 10.6 Å². The molecule has 3 aromatic rings. The van der Waals surface area contributed by atoms with Crippen LogP contribution >= 0.6 is 23.2 Å². The first-order valence-electron chi connectivity index (χ1n) is 9.60. The quantitative estimate of drug-likeness (QED) is 0.339. The summed E-state index contributed by atoms with van der Waals surface area (Å²) in [7, 11) is 0. The number of para-hydroxylation sites is 1. The van der Waals surface area contributed by atoms with Crippen LogP contribution in [0.4, 0.5) is 11.4 Å². The number of phenols is 1. The van der Waals surface area contributed by atoms with Crippen LogP contribution in [0, 0.1) is 0 Å². The van der Waals surface area contributed by atoms with E-state index in [1.54, 1.807) is 49.4 Å². The number of aromatic hydroxyl groups is 1. The van der Waals surface area contributed by atoms with Gasteiger partial charge in [0.25, 0.3) is 0 Å². The van der Waals surface area contributed by atoms with Gasteiger partial charge in [-0.15, -0.1) is 0 Å². The maximum atomic E-state index is 12.9. The normalized spacial score (nSPS) is 14.5. The molecule has 1 heterocycles. The van der Waals surface area contributed by atoms with Crippen LogP contribution in [-0.4, -0.2) is 33.5 Å². The van der Waals surface area contributed by atoms with Crippen LogP contribution in [0.1, 0.15) is 17.3 Å². The highest BCUT2D eigenvalue weighted by molar-refractivity contribution is 6.71. The third kappa shape index (κ3) is 4.39. The van der Waals surface area contributed by atoms with Gasteiger partial charge in [-0.3, -0.25) is 10.2 Å². The molecule has 1 aliphatic heterocycles. The molecule has 0 aliphatic carbocycles. The van der Waals surface area contributed by atoms with Gasteiger partial charge in [-0.1, -0.05) is 47.5 Å². The third-order valence-electron chi connectivity index (χ3n) is 4.87.